The molecule has 19 heavy (non-hydrogen) atoms. The minimum atomic E-state index is -0.877. The Morgan fingerprint density at radius 3 is 2.47 bits per heavy atom. The van der Waals surface area contributed by atoms with Crippen molar-refractivity contribution in [2.24, 2.45) is 5.73 Å². The fraction of sp³-hybridized carbons (Fsp3) is 0.429. The van der Waals surface area contributed by atoms with Gasteiger partial charge in [0, 0.05) is 7.11 Å². The zero-order chi connectivity index (χ0) is 14.5. The maximum Gasteiger partial charge on any atom is 0.252 e. The largest absolute Gasteiger partial charge is 0.391 e. The molecule has 1 rings (SSSR count). The highest BCUT2D eigenvalue weighted by molar-refractivity contribution is 7.80. The number of rotatable bonds is 6. The van der Waals surface area contributed by atoms with Crippen LogP contribution in [0, 0.1) is 0 Å². The molecule has 1 aromatic rings. The summed E-state index contributed by atoms with van der Waals surface area (Å²) >= 11 is 5.03. The molecule has 0 aliphatic carbocycles. The van der Waals surface area contributed by atoms with Crippen LogP contribution in [0.25, 0.3) is 0 Å². The Morgan fingerprint density at radius 2 is 2.05 bits per heavy atom. The van der Waals surface area contributed by atoms with Gasteiger partial charge in [-0.1, -0.05) is 49.5 Å². The number of carbonyl (C=O) groups is 1. The van der Waals surface area contributed by atoms with E-state index in [0.29, 0.717) is 6.42 Å². The minimum absolute atomic E-state index is 0.223. The van der Waals surface area contributed by atoms with Crippen molar-refractivity contribution >= 4 is 23.1 Å². The smallest absolute Gasteiger partial charge is 0.252 e. The Labute approximate surface area is 119 Å². The van der Waals surface area contributed by atoms with E-state index in [4.69, 9.17) is 22.7 Å². The summed E-state index contributed by atoms with van der Waals surface area (Å²) in [6.45, 7) is 3.63. The van der Waals surface area contributed by atoms with Gasteiger partial charge in [0.05, 0.1) is 0 Å². The molecule has 0 aliphatic rings. The number of methoxy groups -OCH3 is 1. The predicted octanol–water partition coefficient (Wildman–Crippen LogP) is 1.95. The highest BCUT2D eigenvalue weighted by Crippen LogP contribution is 2.18. The molecule has 0 heterocycles. The molecule has 0 aliphatic heterocycles. The lowest BCUT2D eigenvalue weighted by Crippen LogP contribution is -2.49. The van der Waals surface area contributed by atoms with Crippen molar-refractivity contribution in [3.8, 4) is 0 Å². The average molecular weight is 280 g/mol. The topological polar surface area (TPSA) is 64.3 Å². The third-order valence-corrected chi connectivity index (χ3v) is 3.53. The van der Waals surface area contributed by atoms with Crippen molar-refractivity contribution in [1.29, 1.82) is 0 Å². The summed E-state index contributed by atoms with van der Waals surface area (Å²) in [5.74, 6) is -0.223. The second kappa shape index (κ2) is 6.63. The molecule has 5 heteroatoms. The van der Waals surface area contributed by atoms with Gasteiger partial charge in [-0.25, -0.2) is 0 Å². The third kappa shape index (κ3) is 3.75. The van der Waals surface area contributed by atoms with Crippen LogP contribution >= 0.6 is 12.2 Å². The lowest BCUT2D eigenvalue weighted by Gasteiger charge is -2.28. The van der Waals surface area contributed by atoms with Gasteiger partial charge in [0.1, 0.15) is 16.6 Å². The maximum atomic E-state index is 12.3. The zero-order valence-electron chi connectivity index (χ0n) is 11.5. The molecule has 3 N–H and O–H groups in total. The molecular weight excluding hydrogens is 260 g/mol. The lowest BCUT2D eigenvalue weighted by molar-refractivity contribution is -0.142. The van der Waals surface area contributed by atoms with Crippen LogP contribution in [-0.2, 0) is 9.53 Å². The Kier molecular flexibility index (Phi) is 5.44. The number of benzene rings is 1. The molecule has 0 bridgehead atoms. The van der Waals surface area contributed by atoms with E-state index >= 15 is 0 Å². The standard InChI is InChI=1S/C14H20N2O2S/c1-4-14(2,18-3)13(17)16-11(12(15)19)10-8-6-5-7-9-10/h5-9,11H,4H2,1-3H3,(H2,15,19)(H,16,17). The molecule has 2 unspecified atom stereocenters. The first-order chi connectivity index (χ1) is 8.94. The van der Waals surface area contributed by atoms with Gasteiger partial charge < -0.3 is 15.8 Å². The van der Waals surface area contributed by atoms with Gasteiger partial charge in [-0.15, -0.1) is 0 Å². The monoisotopic (exact) mass is 280 g/mol. The molecule has 0 radical (unpaired) electrons. The molecule has 0 aromatic heterocycles. The summed E-state index contributed by atoms with van der Waals surface area (Å²) < 4.78 is 5.27. The fourth-order valence-electron chi connectivity index (χ4n) is 1.65. The van der Waals surface area contributed by atoms with Gasteiger partial charge in [-0.2, -0.15) is 0 Å². The van der Waals surface area contributed by atoms with Crippen LogP contribution in [0.2, 0.25) is 0 Å². The van der Waals surface area contributed by atoms with Crippen LogP contribution in [-0.4, -0.2) is 23.6 Å². The van der Waals surface area contributed by atoms with Gasteiger partial charge in [0.2, 0.25) is 0 Å². The van der Waals surface area contributed by atoms with Crippen molar-refractivity contribution < 1.29 is 9.53 Å². The van der Waals surface area contributed by atoms with E-state index in [2.05, 4.69) is 5.32 Å². The average Bonchev–Trinajstić information content (AvgIpc) is 2.44. The van der Waals surface area contributed by atoms with Gasteiger partial charge >= 0.3 is 0 Å². The van der Waals surface area contributed by atoms with Crippen LogP contribution in [0.4, 0.5) is 0 Å². The first kappa shape index (κ1) is 15.6. The van der Waals surface area contributed by atoms with Gasteiger partial charge in [-0.05, 0) is 18.9 Å². The van der Waals surface area contributed by atoms with Crippen molar-refractivity contribution in [2.75, 3.05) is 7.11 Å². The lowest BCUT2D eigenvalue weighted by atomic mass is 10.00. The van der Waals surface area contributed by atoms with E-state index in [1.807, 2.05) is 37.3 Å². The van der Waals surface area contributed by atoms with E-state index in [9.17, 15) is 4.79 Å². The third-order valence-electron chi connectivity index (χ3n) is 3.30. The normalized spacial score (nSPS) is 15.3. The van der Waals surface area contributed by atoms with Gasteiger partial charge in [-0.3, -0.25) is 4.79 Å². The molecule has 0 spiro atoms. The SMILES string of the molecule is CCC(C)(OC)C(=O)NC(C(N)=S)c1ccccc1. The molecule has 104 valence electrons. The number of hydrogen-bond donors (Lipinski definition) is 2. The molecule has 2 atom stereocenters. The highest BCUT2D eigenvalue weighted by Gasteiger charge is 2.33. The Morgan fingerprint density at radius 1 is 1.47 bits per heavy atom. The highest BCUT2D eigenvalue weighted by atomic mass is 32.1. The van der Waals surface area contributed by atoms with Crippen LogP contribution in [0.5, 0.6) is 0 Å². The first-order valence-electron chi connectivity index (χ1n) is 6.15. The van der Waals surface area contributed by atoms with E-state index < -0.39 is 11.6 Å². The quantitative estimate of drug-likeness (QED) is 0.782. The Balaban J connectivity index is 2.93. The molecule has 1 aromatic carbocycles. The number of hydrogen-bond acceptors (Lipinski definition) is 3. The number of thiocarbonyl (C=S) groups is 1. The molecule has 0 saturated carbocycles. The Bertz CT molecular complexity index is 444. The van der Waals surface area contributed by atoms with Gasteiger partial charge in [0.15, 0.2) is 0 Å². The van der Waals surface area contributed by atoms with Crippen molar-refractivity contribution in [3.63, 3.8) is 0 Å². The first-order valence-corrected chi connectivity index (χ1v) is 6.55. The van der Waals surface area contributed by atoms with Crippen LogP contribution in [0.1, 0.15) is 31.9 Å². The minimum Gasteiger partial charge on any atom is -0.391 e. The van der Waals surface area contributed by atoms with E-state index in [0.717, 1.165) is 5.56 Å². The number of ether oxygens (including phenoxy) is 1. The van der Waals surface area contributed by atoms with Crippen LogP contribution in [0.15, 0.2) is 30.3 Å². The van der Waals surface area contributed by atoms with Crippen molar-refractivity contribution in [3.05, 3.63) is 35.9 Å². The van der Waals surface area contributed by atoms with Crippen LogP contribution < -0.4 is 11.1 Å². The summed E-state index contributed by atoms with van der Waals surface area (Å²) in [5, 5.41) is 2.85. The summed E-state index contributed by atoms with van der Waals surface area (Å²) in [5.41, 5.74) is 5.70. The summed E-state index contributed by atoms with van der Waals surface area (Å²) in [6, 6.07) is 8.92. The molecule has 4 nitrogen and oxygen atoms in total. The van der Waals surface area contributed by atoms with E-state index in [1.54, 1.807) is 6.92 Å². The summed E-state index contributed by atoms with van der Waals surface area (Å²) in [4.78, 5) is 12.5. The summed E-state index contributed by atoms with van der Waals surface area (Å²) in [6.07, 6.45) is 0.564. The van der Waals surface area contributed by atoms with E-state index in [1.165, 1.54) is 7.11 Å². The van der Waals surface area contributed by atoms with Gasteiger partial charge in [0.25, 0.3) is 5.91 Å². The van der Waals surface area contributed by atoms with Crippen molar-refractivity contribution in [1.82, 2.24) is 5.32 Å². The predicted molar refractivity (Wildman–Crippen MR) is 79.8 cm³/mol. The fourth-order valence-corrected chi connectivity index (χ4v) is 1.84. The summed E-state index contributed by atoms with van der Waals surface area (Å²) in [7, 11) is 1.52. The Hall–Kier alpha value is -1.46. The zero-order valence-corrected chi connectivity index (χ0v) is 12.3. The van der Waals surface area contributed by atoms with Crippen molar-refractivity contribution in [2.45, 2.75) is 31.9 Å². The molecule has 0 fully saturated rings. The van der Waals surface area contributed by atoms with E-state index in [-0.39, 0.29) is 10.9 Å². The number of nitrogens with two attached hydrogens (primary N) is 1. The second-order valence-corrected chi connectivity index (χ2v) is 4.98. The molecule has 1 amide bonds. The number of nitrogens with one attached hydrogen (secondary N) is 1. The second-order valence-electron chi connectivity index (χ2n) is 4.51. The number of carbonyl (C=O) groups excluding carboxylic acids is 1. The molecular formula is C14H20N2O2S. The molecule has 0 saturated heterocycles. The van der Waals surface area contributed by atoms with Crippen LogP contribution in [0.3, 0.4) is 0 Å². The number of amides is 1. The maximum absolute atomic E-state index is 12.3.